The Morgan fingerprint density at radius 1 is 1.41 bits per heavy atom. The number of ether oxygens (including phenoxy) is 2. The van der Waals surface area contributed by atoms with Crippen molar-refractivity contribution in [3.63, 3.8) is 0 Å². The summed E-state index contributed by atoms with van der Waals surface area (Å²) in [6, 6.07) is 4.09. The van der Waals surface area contributed by atoms with Gasteiger partial charge in [0.1, 0.15) is 11.6 Å². The van der Waals surface area contributed by atoms with Gasteiger partial charge in [-0.15, -0.1) is 0 Å². The average molecular weight is 239 g/mol. The molecule has 4 nitrogen and oxygen atoms in total. The molecule has 0 bridgehead atoms. The highest BCUT2D eigenvalue weighted by molar-refractivity contribution is 5.83. The smallest absolute Gasteiger partial charge is 0.332 e. The summed E-state index contributed by atoms with van der Waals surface area (Å²) in [5.74, 6) is -0.485. The van der Waals surface area contributed by atoms with Gasteiger partial charge >= 0.3 is 5.97 Å². The molecule has 0 heterocycles. The molecule has 5 heteroatoms. The van der Waals surface area contributed by atoms with Gasteiger partial charge in [-0.3, -0.25) is 0 Å². The van der Waals surface area contributed by atoms with Gasteiger partial charge < -0.3 is 14.8 Å². The summed E-state index contributed by atoms with van der Waals surface area (Å²) in [6.07, 6.45) is 1.29. The van der Waals surface area contributed by atoms with E-state index in [0.717, 1.165) is 0 Å². The largest absolute Gasteiger partial charge is 0.494 e. The Bertz CT molecular complexity index is 443. The first kappa shape index (κ1) is 13.0. The fraction of sp³-hybridized carbons (Fsp3) is 0.250. The topological polar surface area (TPSA) is 47.6 Å². The highest BCUT2D eigenvalue weighted by atomic mass is 19.1. The summed E-state index contributed by atoms with van der Waals surface area (Å²) in [7, 11) is 2.74. The Morgan fingerprint density at radius 2 is 2.12 bits per heavy atom. The van der Waals surface area contributed by atoms with E-state index >= 15 is 0 Å². The molecule has 0 aliphatic heterocycles. The van der Waals surface area contributed by atoms with E-state index < -0.39 is 5.97 Å². The Kier molecular flexibility index (Phi) is 4.51. The van der Waals surface area contributed by atoms with Crippen LogP contribution in [0.25, 0.3) is 0 Å². The van der Waals surface area contributed by atoms with Crippen LogP contribution in [-0.2, 0) is 9.53 Å². The molecule has 0 unspecified atom stereocenters. The van der Waals surface area contributed by atoms with Gasteiger partial charge in [-0.1, -0.05) is 0 Å². The van der Waals surface area contributed by atoms with Crippen molar-refractivity contribution in [2.75, 3.05) is 19.5 Å². The predicted molar refractivity (Wildman–Crippen MR) is 62.3 cm³/mol. The SMILES string of the molecule is COC(=O)/C=C(\C)Nc1ccc(F)cc1OC. The van der Waals surface area contributed by atoms with Crippen LogP contribution in [0.1, 0.15) is 6.92 Å². The Labute approximate surface area is 99.0 Å². The molecule has 1 N–H and O–H groups in total. The first-order valence-electron chi connectivity index (χ1n) is 4.93. The summed E-state index contributed by atoms with van der Waals surface area (Å²) >= 11 is 0. The lowest BCUT2D eigenvalue weighted by molar-refractivity contribution is -0.134. The third-order valence-corrected chi connectivity index (χ3v) is 2.03. The molecule has 0 spiro atoms. The van der Waals surface area contributed by atoms with Crippen LogP contribution in [0.4, 0.5) is 10.1 Å². The van der Waals surface area contributed by atoms with Crippen LogP contribution in [0.2, 0.25) is 0 Å². The predicted octanol–water partition coefficient (Wildman–Crippen LogP) is 2.32. The van der Waals surface area contributed by atoms with Crippen molar-refractivity contribution in [1.82, 2.24) is 0 Å². The minimum atomic E-state index is -0.462. The second-order valence-corrected chi connectivity index (χ2v) is 3.32. The van der Waals surface area contributed by atoms with Gasteiger partial charge in [0.25, 0.3) is 0 Å². The Hall–Kier alpha value is -2.04. The molecule has 0 atom stereocenters. The summed E-state index contributed by atoms with van der Waals surface area (Å²) < 4.78 is 22.4. The third-order valence-electron chi connectivity index (χ3n) is 2.03. The number of hydrogen-bond acceptors (Lipinski definition) is 4. The van der Waals surface area contributed by atoms with Gasteiger partial charge in [-0.25, -0.2) is 9.18 Å². The molecule has 1 aromatic rings. The average Bonchev–Trinajstić information content (AvgIpc) is 2.31. The monoisotopic (exact) mass is 239 g/mol. The number of allylic oxidation sites excluding steroid dienone is 1. The van der Waals surface area contributed by atoms with Gasteiger partial charge in [0.15, 0.2) is 0 Å². The van der Waals surface area contributed by atoms with Crippen molar-refractivity contribution in [3.8, 4) is 5.75 Å². The number of anilines is 1. The quantitative estimate of drug-likeness (QED) is 0.647. The molecule has 92 valence electrons. The minimum absolute atomic E-state index is 0.364. The van der Waals surface area contributed by atoms with E-state index in [1.807, 2.05) is 0 Å². The first-order valence-corrected chi connectivity index (χ1v) is 4.93. The van der Waals surface area contributed by atoms with Crippen LogP contribution in [0, 0.1) is 5.82 Å². The molecule has 0 aromatic heterocycles. The number of carbonyl (C=O) groups is 1. The Morgan fingerprint density at radius 3 is 2.71 bits per heavy atom. The number of methoxy groups -OCH3 is 2. The molecule has 1 aromatic carbocycles. The standard InChI is InChI=1S/C12H14FNO3/c1-8(6-12(15)17-3)14-10-5-4-9(13)7-11(10)16-2/h4-7,14H,1-3H3/b8-6+. The van der Waals surface area contributed by atoms with Crippen LogP contribution in [0.15, 0.2) is 30.0 Å². The van der Waals surface area contributed by atoms with Crippen molar-refractivity contribution in [2.45, 2.75) is 6.92 Å². The minimum Gasteiger partial charge on any atom is -0.494 e. The first-order chi connectivity index (χ1) is 8.06. The normalized spacial score (nSPS) is 10.9. The molecule has 0 saturated heterocycles. The fourth-order valence-corrected chi connectivity index (χ4v) is 1.25. The molecule has 0 aliphatic rings. The van der Waals surface area contributed by atoms with E-state index in [0.29, 0.717) is 17.1 Å². The highest BCUT2D eigenvalue weighted by Gasteiger charge is 2.05. The molecule has 17 heavy (non-hydrogen) atoms. The van der Waals surface area contributed by atoms with E-state index in [1.165, 1.54) is 38.5 Å². The van der Waals surface area contributed by atoms with E-state index in [1.54, 1.807) is 6.92 Å². The maximum absolute atomic E-state index is 12.9. The molecule has 0 aliphatic carbocycles. The third kappa shape index (κ3) is 3.79. The maximum atomic E-state index is 12.9. The van der Waals surface area contributed by atoms with Crippen LogP contribution < -0.4 is 10.1 Å². The lowest BCUT2D eigenvalue weighted by Crippen LogP contribution is -2.03. The van der Waals surface area contributed by atoms with Crippen molar-refractivity contribution in [2.24, 2.45) is 0 Å². The lowest BCUT2D eigenvalue weighted by Gasteiger charge is -2.11. The number of benzene rings is 1. The van der Waals surface area contributed by atoms with Gasteiger partial charge in [-0.05, 0) is 19.1 Å². The van der Waals surface area contributed by atoms with Gasteiger partial charge in [0.05, 0.1) is 19.9 Å². The van der Waals surface area contributed by atoms with Crippen LogP contribution in [0.5, 0.6) is 5.75 Å². The Balaban J connectivity index is 2.88. The van der Waals surface area contributed by atoms with Crippen molar-refractivity contribution in [1.29, 1.82) is 0 Å². The zero-order chi connectivity index (χ0) is 12.8. The number of rotatable bonds is 4. The zero-order valence-corrected chi connectivity index (χ0v) is 9.91. The van der Waals surface area contributed by atoms with Crippen LogP contribution in [0.3, 0.4) is 0 Å². The zero-order valence-electron chi connectivity index (χ0n) is 9.91. The summed E-state index contributed by atoms with van der Waals surface area (Å²) in [5, 5.41) is 2.92. The second-order valence-electron chi connectivity index (χ2n) is 3.32. The van der Waals surface area contributed by atoms with Gasteiger partial charge in [-0.2, -0.15) is 0 Å². The summed E-state index contributed by atoms with van der Waals surface area (Å²) in [4.78, 5) is 11.0. The fourth-order valence-electron chi connectivity index (χ4n) is 1.25. The van der Waals surface area contributed by atoms with Gasteiger partial charge in [0, 0.05) is 17.8 Å². The molecular formula is C12H14FNO3. The number of hydrogen-bond donors (Lipinski definition) is 1. The van der Waals surface area contributed by atoms with Crippen LogP contribution >= 0.6 is 0 Å². The second kappa shape index (κ2) is 5.89. The highest BCUT2D eigenvalue weighted by Crippen LogP contribution is 2.26. The van der Waals surface area contributed by atoms with E-state index in [2.05, 4.69) is 10.1 Å². The summed E-state index contributed by atoms with van der Waals surface area (Å²) in [6.45, 7) is 1.69. The molecule has 0 saturated carbocycles. The number of esters is 1. The van der Waals surface area contributed by atoms with Crippen molar-refractivity contribution >= 4 is 11.7 Å². The van der Waals surface area contributed by atoms with E-state index in [4.69, 9.17) is 4.74 Å². The number of carbonyl (C=O) groups excluding carboxylic acids is 1. The molecule has 0 amide bonds. The number of halogens is 1. The van der Waals surface area contributed by atoms with Crippen LogP contribution in [-0.4, -0.2) is 20.2 Å². The molecule has 0 radical (unpaired) electrons. The van der Waals surface area contributed by atoms with Crippen molar-refractivity contribution in [3.05, 3.63) is 35.8 Å². The van der Waals surface area contributed by atoms with Crippen molar-refractivity contribution < 1.29 is 18.7 Å². The molecular weight excluding hydrogens is 225 g/mol. The number of nitrogens with one attached hydrogen (secondary N) is 1. The molecule has 1 rings (SSSR count). The van der Waals surface area contributed by atoms with E-state index in [-0.39, 0.29) is 5.82 Å². The maximum Gasteiger partial charge on any atom is 0.332 e. The summed E-state index contributed by atoms with van der Waals surface area (Å²) in [5.41, 5.74) is 1.15. The lowest BCUT2D eigenvalue weighted by atomic mass is 10.2. The molecule has 0 fully saturated rings. The van der Waals surface area contributed by atoms with Gasteiger partial charge in [0.2, 0.25) is 0 Å². The van der Waals surface area contributed by atoms with E-state index in [9.17, 15) is 9.18 Å².